The molecule has 0 aromatic heterocycles. The third-order valence-electron chi connectivity index (χ3n) is 2.29. The van der Waals surface area contributed by atoms with Crippen molar-refractivity contribution in [1.82, 2.24) is 0 Å². The van der Waals surface area contributed by atoms with E-state index in [0.717, 1.165) is 37.6 Å². The fraction of sp³-hybridized carbons (Fsp3) is 0.833. The van der Waals surface area contributed by atoms with Gasteiger partial charge in [-0.1, -0.05) is 21.9 Å². The summed E-state index contributed by atoms with van der Waals surface area (Å²) in [5.74, 6) is 6.13. The monoisotopic (exact) mass is 274 g/mol. The van der Waals surface area contributed by atoms with Crippen LogP contribution in [0.3, 0.4) is 0 Å². The molecule has 0 spiro atoms. The van der Waals surface area contributed by atoms with Crippen LogP contribution in [0.1, 0.15) is 38.5 Å². The van der Waals surface area contributed by atoms with Crippen LogP contribution in [-0.4, -0.2) is 24.8 Å². The highest BCUT2D eigenvalue weighted by atomic mass is 79.9. The second kappa shape index (κ2) is 9.21. The van der Waals surface area contributed by atoms with Crippen molar-refractivity contribution in [3.8, 4) is 11.8 Å². The maximum atomic E-state index is 5.48. The number of hydrogen-bond donors (Lipinski definition) is 0. The fourth-order valence-electron chi connectivity index (χ4n) is 1.42. The summed E-state index contributed by atoms with van der Waals surface area (Å²) in [6.07, 6.45) is 6.72. The SMILES string of the molecule is BrCCCCC#CCOC1CCCCO1. The van der Waals surface area contributed by atoms with E-state index in [1.54, 1.807) is 0 Å². The average Bonchev–Trinajstić information content (AvgIpc) is 2.29. The largest absolute Gasteiger partial charge is 0.353 e. The molecular weight excluding hydrogens is 256 g/mol. The topological polar surface area (TPSA) is 18.5 Å². The van der Waals surface area contributed by atoms with Gasteiger partial charge in [0.1, 0.15) is 6.61 Å². The Kier molecular flexibility index (Phi) is 7.99. The molecule has 3 heteroatoms. The van der Waals surface area contributed by atoms with Crippen molar-refractivity contribution in [2.75, 3.05) is 18.5 Å². The van der Waals surface area contributed by atoms with Crippen molar-refractivity contribution in [2.45, 2.75) is 44.8 Å². The van der Waals surface area contributed by atoms with E-state index in [2.05, 4.69) is 27.8 Å². The van der Waals surface area contributed by atoms with Crippen LogP contribution in [0, 0.1) is 11.8 Å². The lowest BCUT2D eigenvalue weighted by atomic mass is 10.2. The first-order valence-corrected chi connectivity index (χ1v) is 6.80. The molecule has 0 radical (unpaired) electrons. The van der Waals surface area contributed by atoms with Gasteiger partial charge in [0.25, 0.3) is 0 Å². The van der Waals surface area contributed by atoms with E-state index in [1.807, 2.05) is 0 Å². The fourth-order valence-corrected chi connectivity index (χ4v) is 1.82. The number of halogens is 1. The zero-order chi connectivity index (χ0) is 10.8. The summed E-state index contributed by atoms with van der Waals surface area (Å²) in [6, 6.07) is 0. The van der Waals surface area contributed by atoms with E-state index in [1.165, 1.54) is 12.8 Å². The van der Waals surface area contributed by atoms with Gasteiger partial charge in [0.05, 0.1) is 0 Å². The van der Waals surface area contributed by atoms with Crippen LogP contribution in [0.4, 0.5) is 0 Å². The zero-order valence-corrected chi connectivity index (χ0v) is 10.7. The van der Waals surface area contributed by atoms with E-state index in [-0.39, 0.29) is 6.29 Å². The molecule has 0 aromatic rings. The predicted octanol–water partition coefficient (Wildman–Crippen LogP) is 3.10. The molecule has 0 aromatic carbocycles. The standard InChI is InChI=1S/C12H19BrO2/c13-9-5-2-1-3-6-10-14-12-8-4-7-11-15-12/h12H,1-2,4-5,7-11H2. The molecule has 1 saturated heterocycles. The first kappa shape index (κ1) is 13.0. The van der Waals surface area contributed by atoms with Gasteiger partial charge in [-0.2, -0.15) is 0 Å². The highest BCUT2D eigenvalue weighted by Crippen LogP contribution is 2.12. The lowest BCUT2D eigenvalue weighted by Gasteiger charge is -2.21. The third kappa shape index (κ3) is 6.94. The van der Waals surface area contributed by atoms with E-state index in [4.69, 9.17) is 9.47 Å². The second-order valence-corrected chi connectivity index (χ2v) is 4.40. The summed E-state index contributed by atoms with van der Waals surface area (Å²) >= 11 is 3.39. The highest BCUT2D eigenvalue weighted by molar-refractivity contribution is 9.09. The zero-order valence-electron chi connectivity index (χ0n) is 9.14. The molecule has 15 heavy (non-hydrogen) atoms. The molecule has 1 heterocycles. The Morgan fingerprint density at radius 1 is 1.27 bits per heavy atom. The van der Waals surface area contributed by atoms with Gasteiger partial charge in [-0.25, -0.2) is 0 Å². The normalized spacial score (nSPS) is 20.7. The summed E-state index contributed by atoms with van der Waals surface area (Å²) < 4.78 is 10.9. The first-order chi connectivity index (χ1) is 7.43. The number of rotatable bonds is 5. The summed E-state index contributed by atoms with van der Waals surface area (Å²) in [7, 11) is 0. The van der Waals surface area contributed by atoms with Crippen LogP contribution >= 0.6 is 15.9 Å². The average molecular weight is 275 g/mol. The molecule has 1 aliphatic rings. The number of alkyl halides is 1. The van der Waals surface area contributed by atoms with Crippen molar-refractivity contribution in [1.29, 1.82) is 0 Å². The Morgan fingerprint density at radius 3 is 2.93 bits per heavy atom. The molecular formula is C12H19BrO2. The Morgan fingerprint density at radius 2 is 2.20 bits per heavy atom. The first-order valence-electron chi connectivity index (χ1n) is 5.68. The van der Waals surface area contributed by atoms with Gasteiger partial charge in [-0.3, -0.25) is 0 Å². The summed E-state index contributed by atoms with van der Waals surface area (Å²) in [5, 5.41) is 1.07. The lowest BCUT2D eigenvalue weighted by molar-refractivity contribution is -0.154. The van der Waals surface area contributed by atoms with Crippen LogP contribution in [0.2, 0.25) is 0 Å². The molecule has 0 bridgehead atoms. The number of unbranched alkanes of at least 4 members (excludes halogenated alkanes) is 2. The molecule has 0 amide bonds. The molecule has 0 aliphatic carbocycles. The van der Waals surface area contributed by atoms with Crippen LogP contribution in [0.15, 0.2) is 0 Å². The van der Waals surface area contributed by atoms with E-state index < -0.39 is 0 Å². The maximum Gasteiger partial charge on any atom is 0.158 e. The maximum absolute atomic E-state index is 5.48. The van der Waals surface area contributed by atoms with Crippen molar-refractivity contribution >= 4 is 15.9 Å². The van der Waals surface area contributed by atoms with E-state index >= 15 is 0 Å². The molecule has 1 fully saturated rings. The van der Waals surface area contributed by atoms with Crippen molar-refractivity contribution in [2.24, 2.45) is 0 Å². The summed E-state index contributed by atoms with van der Waals surface area (Å²) in [6.45, 7) is 1.35. The molecule has 1 unspecified atom stereocenters. The summed E-state index contributed by atoms with van der Waals surface area (Å²) in [5.41, 5.74) is 0. The molecule has 86 valence electrons. The number of ether oxygens (including phenoxy) is 2. The van der Waals surface area contributed by atoms with Crippen LogP contribution < -0.4 is 0 Å². The van der Waals surface area contributed by atoms with Gasteiger partial charge in [-0.05, 0) is 32.1 Å². The van der Waals surface area contributed by atoms with Gasteiger partial charge in [0, 0.05) is 18.4 Å². The minimum atomic E-state index is -0.00408. The van der Waals surface area contributed by atoms with Gasteiger partial charge >= 0.3 is 0 Å². The predicted molar refractivity (Wildman–Crippen MR) is 65.0 cm³/mol. The molecule has 1 aliphatic heterocycles. The molecule has 0 saturated carbocycles. The smallest absolute Gasteiger partial charge is 0.158 e. The van der Waals surface area contributed by atoms with E-state index in [9.17, 15) is 0 Å². The van der Waals surface area contributed by atoms with Crippen LogP contribution in [-0.2, 0) is 9.47 Å². The molecule has 1 rings (SSSR count). The quantitative estimate of drug-likeness (QED) is 0.436. The summed E-state index contributed by atoms with van der Waals surface area (Å²) in [4.78, 5) is 0. The Hall–Kier alpha value is -0.0400. The van der Waals surface area contributed by atoms with Crippen molar-refractivity contribution in [3.05, 3.63) is 0 Å². The highest BCUT2D eigenvalue weighted by Gasteiger charge is 2.12. The van der Waals surface area contributed by atoms with Gasteiger partial charge in [0.15, 0.2) is 6.29 Å². The minimum absolute atomic E-state index is 0.00408. The molecule has 2 nitrogen and oxygen atoms in total. The lowest BCUT2D eigenvalue weighted by Crippen LogP contribution is -2.22. The van der Waals surface area contributed by atoms with Crippen LogP contribution in [0.25, 0.3) is 0 Å². The van der Waals surface area contributed by atoms with Gasteiger partial charge in [-0.15, -0.1) is 5.92 Å². The van der Waals surface area contributed by atoms with E-state index in [0.29, 0.717) is 6.61 Å². The van der Waals surface area contributed by atoms with Crippen molar-refractivity contribution in [3.63, 3.8) is 0 Å². The molecule has 1 atom stereocenters. The third-order valence-corrected chi connectivity index (χ3v) is 2.85. The van der Waals surface area contributed by atoms with Crippen LogP contribution in [0.5, 0.6) is 0 Å². The Balaban J connectivity index is 1.94. The van der Waals surface area contributed by atoms with Gasteiger partial charge < -0.3 is 9.47 Å². The molecule has 0 N–H and O–H groups in total. The van der Waals surface area contributed by atoms with Crippen molar-refractivity contribution < 1.29 is 9.47 Å². The minimum Gasteiger partial charge on any atom is -0.353 e. The number of hydrogen-bond acceptors (Lipinski definition) is 2. The Bertz CT molecular complexity index is 201. The Labute approximate surface area is 101 Å². The second-order valence-electron chi connectivity index (χ2n) is 3.61. The van der Waals surface area contributed by atoms with Gasteiger partial charge in [0.2, 0.25) is 0 Å².